The van der Waals surface area contributed by atoms with Gasteiger partial charge in [0.25, 0.3) is 0 Å². The Kier molecular flexibility index (Phi) is 3.66. The van der Waals surface area contributed by atoms with Gasteiger partial charge in [-0.05, 0) is 12.1 Å². The van der Waals surface area contributed by atoms with Gasteiger partial charge >= 0.3 is 0 Å². The fraction of sp³-hybridized carbons (Fsp3) is 0.333. The van der Waals surface area contributed by atoms with Crippen molar-refractivity contribution in [2.45, 2.75) is 20.0 Å². The number of nitrogens with zero attached hydrogens (tertiary/aromatic N) is 3. The van der Waals surface area contributed by atoms with E-state index in [2.05, 4.69) is 10.1 Å². The lowest BCUT2D eigenvalue weighted by atomic mass is 10.3. The Labute approximate surface area is 103 Å². The Bertz CT molecular complexity index is 554. The number of hydrogen-bond acceptors (Lipinski definition) is 3. The molecule has 18 heavy (non-hydrogen) atoms. The highest BCUT2D eigenvalue weighted by Crippen LogP contribution is 2.14. The van der Waals surface area contributed by atoms with E-state index in [4.69, 9.17) is 4.74 Å². The van der Waals surface area contributed by atoms with Gasteiger partial charge in [0.2, 0.25) is 0 Å². The van der Waals surface area contributed by atoms with Gasteiger partial charge in [0.15, 0.2) is 17.5 Å². The van der Waals surface area contributed by atoms with Crippen LogP contribution in [0.3, 0.4) is 0 Å². The molecule has 0 saturated carbocycles. The Balaban J connectivity index is 2.44. The van der Waals surface area contributed by atoms with Crippen LogP contribution in [0.15, 0.2) is 18.2 Å². The van der Waals surface area contributed by atoms with Crippen molar-refractivity contribution in [2.75, 3.05) is 7.11 Å². The van der Waals surface area contributed by atoms with Gasteiger partial charge < -0.3 is 4.74 Å². The zero-order chi connectivity index (χ0) is 13.1. The van der Waals surface area contributed by atoms with Gasteiger partial charge in [0.05, 0.1) is 5.69 Å². The molecule has 2 rings (SSSR count). The third kappa shape index (κ3) is 2.38. The molecule has 96 valence electrons. The largest absolute Gasteiger partial charge is 0.377 e. The van der Waals surface area contributed by atoms with Crippen LogP contribution in [-0.2, 0) is 17.8 Å². The zero-order valence-corrected chi connectivity index (χ0v) is 10.2. The molecule has 6 heteroatoms. The maximum Gasteiger partial charge on any atom is 0.176 e. The average molecular weight is 253 g/mol. The quantitative estimate of drug-likeness (QED) is 0.839. The van der Waals surface area contributed by atoms with E-state index in [1.54, 1.807) is 7.11 Å². The summed E-state index contributed by atoms with van der Waals surface area (Å²) in [7, 11) is 1.55. The Morgan fingerprint density at radius 1 is 1.28 bits per heavy atom. The Morgan fingerprint density at radius 3 is 2.67 bits per heavy atom. The minimum Gasteiger partial charge on any atom is -0.377 e. The molecular weight excluding hydrogens is 240 g/mol. The molecule has 0 fully saturated rings. The predicted octanol–water partition coefficient (Wildman–Crippen LogP) is 2.25. The van der Waals surface area contributed by atoms with Crippen LogP contribution in [0.4, 0.5) is 8.78 Å². The second kappa shape index (κ2) is 5.22. The summed E-state index contributed by atoms with van der Waals surface area (Å²) in [6.45, 7) is 2.20. The lowest BCUT2D eigenvalue weighted by molar-refractivity contribution is 0.178. The summed E-state index contributed by atoms with van der Waals surface area (Å²) in [5.41, 5.74) is 0.445. The first-order chi connectivity index (χ1) is 8.65. The maximum atomic E-state index is 13.2. The first kappa shape index (κ1) is 12.6. The molecule has 2 aromatic rings. The van der Waals surface area contributed by atoms with Crippen LogP contribution < -0.4 is 0 Å². The van der Waals surface area contributed by atoms with Crippen molar-refractivity contribution in [1.29, 1.82) is 0 Å². The van der Waals surface area contributed by atoms with Crippen LogP contribution >= 0.6 is 0 Å². The highest BCUT2D eigenvalue weighted by molar-refractivity contribution is 5.32. The molecule has 0 saturated heterocycles. The van der Waals surface area contributed by atoms with Gasteiger partial charge in [-0.3, -0.25) is 0 Å². The van der Waals surface area contributed by atoms with E-state index in [0.29, 0.717) is 23.8 Å². The molecule has 0 unspecified atom stereocenters. The van der Waals surface area contributed by atoms with Crippen LogP contribution in [0.5, 0.6) is 0 Å². The van der Waals surface area contributed by atoms with Gasteiger partial charge in [-0.15, -0.1) is 5.10 Å². The van der Waals surface area contributed by atoms with Crippen molar-refractivity contribution < 1.29 is 13.5 Å². The second-order valence-corrected chi connectivity index (χ2v) is 3.74. The molecule has 0 atom stereocenters. The fourth-order valence-electron chi connectivity index (χ4n) is 1.63. The van der Waals surface area contributed by atoms with E-state index < -0.39 is 11.6 Å². The maximum absolute atomic E-state index is 13.2. The van der Waals surface area contributed by atoms with Gasteiger partial charge in [-0.25, -0.2) is 18.4 Å². The van der Waals surface area contributed by atoms with Crippen molar-refractivity contribution in [3.63, 3.8) is 0 Å². The first-order valence-corrected chi connectivity index (χ1v) is 5.55. The summed E-state index contributed by atoms with van der Waals surface area (Å²) in [6.07, 6.45) is 0.635. The van der Waals surface area contributed by atoms with Crippen molar-refractivity contribution >= 4 is 0 Å². The summed E-state index contributed by atoms with van der Waals surface area (Å²) < 4.78 is 32.5. The van der Waals surface area contributed by atoms with E-state index >= 15 is 0 Å². The van der Waals surface area contributed by atoms with Crippen LogP contribution in [0.1, 0.15) is 18.6 Å². The first-order valence-electron chi connectivity index (χ1n) is 5.55. The Hall–Kier alpha value is -1.82. The molecule has 0 bridgehead atoms. The molecule has 0 radical (unpaired) electrons. The van der Waals surface area contributed by atoms with Gasteiger partial charge in [-0.2, -0.15) is 0 Å². The summed E-state index contributed by atoms with van der Waals surface area (Å²) in [5.74, 6) is -0.598. The van der Waals surface area contributed by atoms with Crippen molar-refractivity contribution in [3.05, 3.63) is 41.5 Å². The number of methoxy groups -OCH3 is 1. The summed E-state index contributed by atoms with van der Waals surface area (Å²) >= 11 is 0. The number of aryl methyl sites for hydroxylation is 1. The monoisotopic (exact) mass is 253 g/mol. The van der Waals surface area contributed by atoms with E-state index in [0.717, 1.165) is 12.1 Å². The third-order valence-corrected chi connectivity index (χ3v) is 2.46. The van der Waals surface area contributed by atoms with E-state index in [1.165, 1.54) is 10.7 Å². The molecule has 0 aliphatic carbocycles. The van der Waals surface area contributed by atoms with Crippen LogP contribution in [0.25, 0.3) is 5.69 Å². The normalized spacial score (nSPS) is 10.9. The molecular formula is C12H13F2N3O. The summed E-state index contributed by atoms with van der Waals surface area (Å²) in [4.78, 5) is 4.26. The zero-order valence-electron chi connectivity index (χ0n) is 10.2. The lowest BCUT2D eigenvalue weighted by Crippen LogP contribution is -2.03. The van der Waals surface area contributed by atoms with Crippen LogP contribution in [-0.4, -0.2) is 21.9 Å². The third-order valence-electron chi connectivity index (χ3n) is 2.46. The molecule has 1 heterocycles. The van der Waals surface area contributed by atoms with E-state index in [1.807, 2.05) is 6.92 Å². The number of benzene rings is 1. The fourth-order valence-corrected chi connectivity index (χ4v) is 1.63. The smallest absolute Gasteiger partial charge is 0.176 e. The molecule has 0 aliphatic heterocycles. The second-order valence-electron chi connectivity index (χ2n) is 3.74. The topological polar surface area (TPSA) is 39.9 Å². The van der Waals surface area contributed by atoms with Crippen LogP contribution in [0, 0.1) is 11.6 Å². The van der Waals surface area contributed by atoms with Crippen molar-refractivity contribution in [3.8, 4) is 5.69 Å². The minimum atomic E-state index is -0.904. The molecule has 0 aliphatic rings. The van der Waals surface area contributed by atoms with Crippen molar-refractivity contribution in [2.24, 2.45) is 0 Å². The van der Waals surface area contributed by atoms with Gasteiger partial charge in [-0.1, -0.05) is 6.92 Å². The number of aromatic nitrogens is 3. The van der Waals surface area contributed by atoms with Crippen LogP contribution in [0.2, 0.25) is 0 Å². The molecule has 0 N–H and O–H groups in total. The highest BCUT2D eigenvalue weighted by atomic mass is 19.2. The van der Waals surface area contributed by atoms with Gasteiger partial charge in [0.1, 0.15) is 12.4 Å². The average Bonchev–Trinajstić information content (AvgIpc) is 2.76. The lowest BCUT2D eigenvalue weighted by Gasteiger charge is -2.04. The predicted molar refractivity (Wildman–Crippen MR) is 61.4 cm³/mol. The number of halogens is 2. The molecule has 0 amide bonds. The molecule has 1 aromatic carbocycles. The molecule has 1 aromatic heterocycles. The number of ether oxygens (including phenoxy) is 1. The minimum absolute atomic E-state index is 0.281. The van der Waals surface area contributed by atoms with Gasteiger partial charge in [0, 0.05) is 19.6 Å². The number of hydrogen-bond donors (Lipinski definition) is 0. The molecule has 4 nitrogen and oxygen atoms in total. The van der Waals surface area contributed by atoms with E-state index in [-0.39, 0.29) is 6.61 Å². The standard InChI is InChI=1S/C12H13F2N3O/c1-3-12-15-11(7-18-2)16-17(12)8-4-5-9(13)10(14)6-8/h4-6H,3,7H2,1-2H3. The van der Waals surface area contributed by atoms with Crippen molar-refractivity contribution in [1.82, 2.24) is 14.8 Å². The SMILES string of the molecule is CCc1nc(COC)nn1-c1ccc(F)c(F)c1. The Morgan fingerprint density at radius 2 is 2.06 bits per heavy atom. The number of rotatable bonds is 4. The summed E-state index contributed by atoms with van der Waals surface area (Å²) in [5, 5.41) is 4.20. The molecule has 0 spiro atoms. The summed E-state index contributed by atoms with van der Waals surface area (Å²) in [6, 6.07) is 3.63. The van der Waals surface area contributed by atoms with E-state index in [9.17, 15) is 8.78 Å². The highest BCUT2D eigenvalue weighted by Gasteiger charge is 2.11.